The molecular formula is C77H81FN8O10S6. The molecule has 0 aliphatic heterocycles. The number of ether oxygens (including phenoxy) is 1. The number of aryl methyl sites for hydroxylation is 3. The summed E-state index contributed by atoms with van der Waals surface area (Å²) in [5, 5.41) is 22.9. The number of halogens is 1. The molecule has 3 aliphatic rings. The number of aromatic nitrogens is 6. The van der Waals surface area contributed by atoms with Gasteiger partial charge in [0, 0.05) is 66.7 Å². The zero-order valence-corrected chi connectivity index (χ0v) is 60.2. The lowest BCUT2D eigenvalue weighted by atomic mass is 10.0. The Morgan fingerprint density at radius 3 is 1.19 bits per heavy atom. The monoisotopic (exact) mass is 1490 g/mol. The number of alkyl halides is 1. The maximum Gasteiger partial charge on any atom is 0.373 e. The zero-order chi connectivity index (χ0) is 72.8. The molecule has 5 N–H and O–H groups in total. The molecule has 12 aromatic rings. The third kappa shape index (κ3) is 20.2. The van der Waals surface area contributed by atoms with E-state index in [1.165, 1.54) is 29.6 Å². The SMILES string of the molecule is COC(=O)c1ccc(CCC(=O)c2nc(-c3ncc(-c4ccccc4)s3)sc2C2CC2)cc1.Cc1ccc(CN)cc1.O=C(NO)c1ccc(CCC(=O)c2nc(-c3ncc(-c4ccccc4)s3)sc2C2CC2)cc1.O=C(O)c1nc(-c2ncc(-c3ccccc3)s2)sc1C1CC1.O=C=O.[2H]CF.[HH].[HH].[HH].[HH].[HH].[HH]. The molecule has 25 heteroatoms. The standard InChI is InChI=1S/C26H22N2O3S2.C25H21N3O3S2.C16H12N2O2S2.C8H11N.CH3F.CO2.6H2/c1-31-26(30)19-10-7-16(8-11-19)9-14-20(29)22-23(18-12-13-18)33-25(28-22)24-27-15-21(32-24)17-5-3-2-4-6-17;29-19(13-8-15-6-9-18(10-7-15)23(30)28-31)21-22(17-11-12-17)33-25(27-21)24-26-14-20(32-24)16-4-2-1-3-5-16;19-16(20)12-13(10-6-7-10)22-15(18-12)14-17-8-11(21-14)9-4-2-1-3-5-9;1-7-2-4-8(6-9)5-3-7;1-2;2-1-3;;;;;;/h2-8,10-11,15,18H,9,12-14H2,1H3;1-7,9-10,14,17,31H,8,11-13H2,(H,28,30);1-5,8,10H,6-7H2,(H,19,20);2-5H,6,9H2,1H3;1H3;;6*1H/i;;;;1D;;;;;;;. The third-order valence-electron chi connectivity index (χ3n) is 16.1. The normalized spacial score (nSPS) is 12.7. The Morgan fingerprint density at radius 2 is 0.863 bits per heavy atom. The number of methoxy groups -OCH3 is 1. The number of hydroxylamine groups is 1. The molecule has 532 valence electrons. The van der Waals surface area contributed by atoms with Gasteiger partial charge in [0.05, 0.1) is 35.8 Å². The first-order chi connectivity index (χ1) is 50.1. The highest BCUT2D eigenvalue weighted by Crippen LogP contribution is 2.50. The number of Topliss-reactive ketones (excluding diaryl/α,β-unsaturated/α-hetero) is 2. The van der Waals surface area contributed by atoms with E-state index in [-0.39, 0.29) is 37.9 Å². The van der Waals surface area contributed by atoms with Crippen LogP contribution >= 0.6 is 68.0 Å². The first kappa shape index (κ1) is 73.3. The summed E-state index contributed by atoms with van der Waals surface area (Å²) in [5.41, 5.74) is 17.1. The average molecular weight is 1490 g/mol. The minimum atomic E-state index is -1.00. The minimum absolute atomic E-state index is 0. The molecule has 0 spiro atoms. The molecule has 18 nitrogen and oxygen atoms in total. The number of carbonyl (C=O) groups excluding carboxylic acids is 6. The van der Waals surface area contributed by atoms with Crippen molar-refractivity contribution in [1.82, 2.24) is 35.4 Å². The summed E-state index contributed by atoms with van der Waals surface area (Å²) in [4.78, 5) is 111. The van der Waals surface area contributed by atoms with Crippen molar-refractivity contribution in [2.75, 3.05) is 14.3 Å². The van der Waals surface area contributed by atoms with Crippen molar-refractivity contribution in [3.63, 3.8) is 0 Å². The van der Waals surface area contributed by atoms with E-state index in [1.54, 1.807) is 98.6 Å². The molecule has 15 rings (SSSR count). The second-order valence-corrected chi connectivity index (χ2v) is 29.6. The van der Waals surface area contributed by atoms with E-state index in [9.17, 15) is 33.5 Å². The van der Waals surface area contributed by atoms with Crippen LogP contribution in [0.4, 0.5) is 4.39 Å². The lowest BCUT2D eigenvalue weighted by molar-refractivity contribution is -0.191. The van der Waals surface area contributed by atoms with Crippen LogP contribution in [0.1, 0.15) is 168 Å². The van der Waals surface area contributed by atoms with Crippen molar-refractivity contribution in [2.45, 2.75) is 95.4 Å². The van der Waals surface area contributed by atoms with Gasteiger partial charge in [-0.25, -0.2) is 45.0 Å². The third-order valence-corrected chi connectivity index (χ3v) is 23.3. The molecule has 3 saturated carbocycles. The fourth-order valence-electron chi connectivity index (χ4n) is 10.3. The van der Waals surface area contributed by atoms with Crippen LogP contribution in [-0.2, 0) is 33.7 Å². The van der Waals surface area contributed by atoms with Crippen LogP contribution in [0, 0.1) is 6.92 Å². The topological polar surface area (TPSA) is 285 Å². The summed E-state index contributed by atoms with van der Waals surface area (Å²) in [6.07, 6.45) is 14.3. The Morgan fingerprint density at radius 1 is 0.529 bits per heavy atom. The quantitative estimate of drug-likeness (QED) is 0.0225. The molecule has 3 aliphatic carbocycles. The van der Waals surface area contributed by atoms with E-state index in [2.05, 4.69) is 75.4 Å². The van der Waals surface area contributed by atoms with E-state index in [4.69, 9.17) is 36.6 Å². The molecule has 6 aromatic carbocycles. The van der Waals surface area contributed by atoms with E-state index < -0.39 is 19.0 Å². The predicted molar refractivity (Wildman–Crippen MR) is 411 cm³/mol. The van der Waals surface area contributed by atoms with Gasteiger partial charge in [-0.15, -0.1) is 68.0 Å². The van der Waals surface area contributed by atoms with Crippen LogP contribution in [-0.4, -0.2) is 90.0 Å². The number of hydrogen-bond acceptors (Lipinski definition) is 22. The molecule has 0 atom stereocenters. The van der Waals surface area contributed by atoms with Gasteiger partial charge in [-0.05, 0) is 134 Å². The molecule has 102 heavy (non-hydrogen) atoms. The Hall–Kier alpha value is -9.92. The number of esters is 1. The lowest BCUT2D eigenvalue weighted by Gasteiger charge is -2.03. The first-order valence-electron chi connectivity index (χ1n) is 33.0. The maximum absolute atomic E-state index is 13.1. The lowest BCUT2D eigenvalue weighted by Crippen LogP contribution is -2.18. The largest absolute Gasteiger partial charge is 0.476 e. The molecule has 1 amide bonds. The highest BCUT2D eigenvalue weighted by atomic mass is 32.1. The molecule has 0 bridgehead atoms. The van der Waals surface area contributed by atoms with Crippen LogP contribution in [0.15, 0.2) is 182 Å². The minimum Gasteiger partial charge on any atom is -0.476 e. The molecule has 6 aromatic heterocycles. The van der Waals surface area contributed by atoms with Gasteiger partial charge in [-0.2, -0.15) is 9.59 Å². The van der Waals surface area contributed by atoms with Crippen molar-refractivity contribution in [3.8, 4) is 61.4 Å². The molecule has 0 saturated heterocycles. The van der Waals surface area contributed by atoms with Gasteiger partial charge in [0.15, 0.2) is 47.3 Å². The van der Waals surface area contributed by atoms with Crippen molar-refractivity contribution >= 4 is 104 Å². The summed E-state index contributed by atoms with van der Waals surface area (Å²) in [5.74, 6) is -0.496. The number of nitrogens with one attached hydrogen (secondary N) is 1. The Labute approximate surface area is 622 Å². The predicted octanol–water partition coefficient (Wildman–Crippen LogP) is 19.6. The number of rotatable bonds is 21. The smallest absolute Gasteiger partial charge is 0.373 e. The van der Waals surface area contributed by atoms with Crippen LogP contribution in [0.3, 0.4) is 0 Å². The van der Waals surface area contributed by atoms with Gasteiger partial charge >= 0.3 is 18.1 Å². The van der Waals surface area contributed by atoms with Crippen molar-refractivity contribution in [3.05, 3.63) is 247 Å². The number of hydrogen-bond donors (Lipinski definition) is 4. The number of amides is 1. The van der Waals surface area contributed by atoms with Gasteiger partial charge in [0.2, 0.25) is 0 Å². The van der Waals surface area contributed by atoms with E-state index in [0.717, 1.165) is 121 Å². The summed E-state index contributed by atoms with van der Waals surface area (Å²) in [7, 11) is 0.364. The highest BCUT2D eigenvalue weighted by molar-refractivity contribution is 7.24. The first-order valence-corrected chi connectivity index (χ1v) is 37.2. The van der Waals surface area contributed by atoms with Crippen molar-refractivity contribution < 1.29 is 62.9 Å². The second kappa shape index (κ2) is 36.6. The Balaban J connectivity index is 0.000000311. The van der Waals surface area contributed by atoms with Gasteiger partial charge in [0.25, 0.3) is 5.91 Å². The highest BCUT2D eigenvalue weighted by Gasteiger charge is 2.35. The number of aromatic carboxylic acids is 1. The zero-order valence-electron chi connectivity index (χ0n) is 56.3. The van der Waals surface area contributed by atoms with Gasteiger partial charge < -0.3 is 15.6 Å². The van der Waals surface area contributed by atoms with Crippen molar-refractivity contribution in [1.29, 1.82) is 0 Å². The number of carbonyl (C=O) groups is 5. The fourth-order valence-corrected chi connectivity index (χ4v) is 16.9. The maximum atomic E-state index is 13.1. The Bertz CT molecular complexity index is 4660. The Kier molecular flexibility index (Phi) is 26.3. The number of carboxylic acid groups (broad SMARTS) is 1. The molecular weight excluding hydrogens is 1410 g/mol. The number of nitrogens with zero attached hydrogens (tertiary/aromatic N) is 6. The van der Waals surface area contributed by atoms with Crippen LogP contribution in [0.25, 0.3) is 61.4 Å². The van der Waals surface area contributed by atoms with Crippen LogP contribution in [0.5, 0.6) is 0 Å². The number of nitrogens with two attached hydrogens (primary N) is 1. The van der Waals surface area contributed by atoms with E-state index in [1.807, 2.05) is 97.5 Å². The number of benzene rings is 6. The molecule has 3 fully saturated rings. The van der Waals surface area contributed by atoms with E-state index in [0.29, 0.717) is 77.5 Å². The van der Waals surface area contributed by atoms with E-state index >= 15 is 0 Å². The van der Waals surface area contributed by atoms with Crippen molar-refractivity contribution in [2.24, 2.45) is 5.73 Å². The molecule has 0 unspecified atom stereocenters. The molecule has 6 heterocycles. The number of thiazole rings is 6. The van der Waals surface area contributed by atoms with Crippen LogP contribution in [0.2, 0.25) is 0 Å². The summed E-state index contributed by atoms with van der Waals surface area (Å²) >= 11 is 9.44. The van der Waals surface area contributed by atoms with Gasteiger partial charge in [-0.1, -0.05) is 145 Å². The fraction of sp³-hybridized carbons (Fsp3) is 0.221. The summed E-state index contributed by atoms with van der Waals surface area (Å²) < 4.78 is 20.2. The number of carboxylic acids is 1. The molecule has 0 radical (unpaired) electrons. The van der Waals surface area contributed by atoms with Gasteiger partial charge in [-0.3, -0.25) is 24.0 Å². The summed E-state index contributed by atoms with van der Waals surface area (Å²) in [6, 6.07) is 52.7. The second-order valence-electron chi connectivity index (χ2n) is 23.5. The average Bonchev–Trinajstić information content (AvgIpc) is 1.64. The summed E-state index contributed by atoms with van der Waals surface area (Å²) in [6.45, 7) is 2.71. The van der Waals surface area contributed by atoms with Crippen LogP contribution < -0.4 is 11.2 Å². The van der Waals surface area contributed by atoms with Gasteiger partial charge in [0.1, 0.15) is 11.4 Å². The number of ketones is 2.